The van der Waals surface area contributed by atoms with Crippen LogP contribution in [0.25, 0.3) is 11.4 Å². The maximum absolute atomic E-state index is 11.7. The molecule has 1 amide bonds. The van der Waals surface area contributed by atoms with Gasteiger partial charge in [-0.15, -0.1) is 0 Å². The van der Waals surface area contributed by atoms with E-state index in [1.807, 2.05) is 20.0 Å². The number of hydrogen-bond acceptors (Lipinski definition) is 7. The number of carbonyl (C=O) groups is 1. The van der Waals surface area contributed by atoms with E-state index in [1.165, 1.54) is 0 Å². The van der Waals surface area contributed by atoms with E-state index in [1.54, 1.807) is 23.0 Å². The lowest BCUT2D eigenvalue weighted by atomic mass is 10.1. The second-order valence-electron chi connectivity index (χ2n) is 7.07. The van der Waals surface area contributed by atoms with Gasteiger partial charge >= 0.3 is 0 Å². The summed E-state index contributed by atoms with van der Waals surface area (Å²) < 4.78 is 6.85. The van der Waals surface area contributed by atoms with Crippen molar-refractivity contribution in [2.45, 2.75) is 13.5 Å². The molecular weight excluding hydrogens is 394 g/mol. The molecule has 3 aromatic heterocycles. The van der Waals surface area contributed by atoms with E-state index < -0.39 is 5.91 Å². The van der Waals surface area contributed by atoms with E-state index in [0.29, 0.717) is 28.8 Å². The van der Waals surface area contributed by atoms with Crippen molar-refractivity contribution in [3.63, 3.8) is 0 Å². The Labute approximate surface area is 173 Å². The molecular formula is C19H22ClN7O2. The van der Waals surface area contributed by atoms with Crippen LogP contribution in [0.5, 0.6) is 0 Å². The first kappa shape index (κ1) is 19.4. The van der Waals surface area contributed by atoms with E-state index in [2.05, 4.69) is 25.0 Å². The summed E-state index contributed by atoms with van der Waals surface area (Å²) in [6.45, 7) is 5.53. The third-order valence-electron chi connectivity index (χ3n) is 5.05. The minimum Gasteiger partial charge on any atom is -0.365 e. The lowest BCUT2D eigenvalue weighted by Crippen LogP contribution is -2.46. The Balaban J connectivity index is 1.49. The third kappa shape index (κ3) is 3.83. The van der Waals surface area contributed by atoms with Crippen LogP contribution in [0.3, 0.4) is 0 Å². The van der Waals surface area contributed by atoms with E-state index >= 15 is 0 Å². The molecule has 1 aliphatic heterocycles. The lowest BCUT2D eigenvalue weighted by Gasteiger charge is -2.35. The van der Waals surface area contributed by atoms with E-state index in [4.69, 9.17) is 21.9 Å². The number of amides is 1. The fourth-order valence-electron chi connectivity index (χ4n) is 3.55. The molecule has 10 heteroatoms. The van der Waals surface area contributed by atoms with Gasteiger partial charge in [0.1, 0.15) is 28.1 Å². The van der Waals surface area contributed by atoms with Gasteiger partial charge in [-0.2, -0.15) is 5.10 Å². The van der Waals surface area contributed by atoms with Gasteiger partial charge in [-0.05, 0) is 19.1 Å². The second kappa shape index (κ2) is 7.84. The molecule has 4 heterocycles. The zero-order valence-corrected chi connectivity index (χ0v) is 17.1. The van der Waals surface area contributed by atoms with Crippen LogP contribution in [0.1, 0.15) is 21.7 Å². The van der Waals surface area contributed by atoms with Crippen molar-refractivity contribution >= 4 is 23.3 Å². The predicted octanol–water partition coefficient (Wildman–Crippen LogP) is 1.85. The molecule has 29 heavy (non-hydrogen) atoms. The summed E-state index contributed by atoms with van der Waals surface area (Å²) in [5.41, 5.74) is 8.27. The number of carbonyl (C=O) groups excluding carboxylic acids is 1. The van der Waals surface area contributed by atoms with Crippen LogP contribution < -0.4 is 10.6 Å². The van der Waals surface area contributed by atoms with E-state index in [-0.39, 0.29) is 0 Å². The number of aryl methyl sites for hydroxylation is 2. The summed E-state index contributed by atoms with van der Waals surface area (Å²) in [5.74, 6) is 0.894. The molecule has 0 aromatic carbocycles. The van der Waals surface area contributed by atoms with E-state index in [9.17, 15) is 4.79 Å². The maximum atomic E-state index is 11.7. The highest BCUT2D eigenvalue weighted by atomic mass is 35.5. The quantitative estimate of drug-likeness (QED) is 0.677. The van der Waals surface area contributed by atoms with Crippen LogP contribution in [0.2, 0.25) is 5.15 Å². The highest BCUT2D eigenvalue weighted by molar-refractivity contribution is 6.30. The Morgan fingerprint density at radius 3 is 2.72 bits per heavy atom. The number of piperazine rings is 1. The minimum absolute atomic E-state index is 0.444. The molecule has 0 bridgehead atoms. The third-order valence-corrected chi connectivity index (χ3v) is 5.52. The second-order valence-corrected chi connectivity index (χ2v) is 7.42. The Bertz CT molecular complexity index is 1040. The predicted molar refractivity (Wildman–Crippen MR) is 109 cm³/mol. The van der Waals surface area contributed by atoms with Gasteiger partial charge in [0.15, 0.2) is 0 Å². The van der Waals surface area contributed by atoms with Gasteiger partial charge < -0.3 is 15.2 Å². The molecule has 0 spiro atoms. The monoisotopic (exact) mass is 415 g/mol. The summed E-state index contributed by atoms with van der Waals surface area (Å²) in [5, 5.41) is 9.19. The van der Waals surface area contributed by atoms with Gasteiger partial charge in [0.05, 0.1) is 5.56 Å². The molecule has 1 saturated heterocycles. The molecule has 152 valence electrons. The number of primary amides is 1. The smallest absolute Gasteiger partial charge is 0.252 e. The molecule has 0 unspecified atom stereocenters. The number of hydrogen-bond donors (Lipinski definition) is 1. The molecule has 1 fully saturated rings. The molecule has 0 atom stereocenters. The molecule has 3 aromatic rings. The number of pyridine rings is 1. The number of nitrogens with zero attached hydrogens (tertiary/aromatic N) is 6. The highest BCUT2D eigenvalue weighted by Gasteiger charge is 2.25. The molecule has 2 N–H and O–H groups in total. The summed E-state index contributed by atoms with van der Waals surface area (Å²) in [6.07, 6.45) is 1.68. The zero-order valence-electron chi connectivity index (χ0n) is 16.3. The first-order valence-electron chi connectivity index (χ1n) is 9.31. The van der Waals surface area contributed by atoms with Crippen LogP contribution in [-0.4, -0.2) is 56.9 Å². The largest absolute Gasteiger partial charge is 0.365 e. The van der Waals surface area contributed by atoms with Crippen LogP contribution in [-0.2, 0) is 13.6 Å². The van der Waals surface area contributed by atoms with Gasteiger partial charge in [0, 0.05) is 57.6 Å². The Kier molecular flexibility index (Phi) is 5.25. The van der Waals surface area contributed by atoms with Crippen molar-refractivity contribution in [2.75, 3.05) is 31.1 Å². The van der Waals surface area contributed by atoms with Gasteiger partial charge in [-0.3, -0.25) is 14.4 Å². The SMILES string of the molecule is Cc1cc(-c2nn(C)c(Cl)c2CN2CCN(c3ncccc3C(N)=O)CC2)no1. The fraction of sp³-hybridized carbons (Fsp3) is 0.368. The molecule has 0 saturated carbocycles. The average Bonchev–Trinajstić information content (AvgIpc) is 3.27. The number of halogens is 1. The molecule has 0 radical (unpaired) electrons. The van der Waals surface area contributed by atoms with Crippen molar-refractivity contribution in [1.82, 2.24) is 24.8 Å². The van der Waals surface area contributed by atoms with Crippen molar-refractivity contribution in [1.29, 1.82) is 0 Å². The van der Waals surface area contributed by atoms with Crippen LogP contribution in [0.4, 0.5) is 5.82 Å². The molecule has 1 aliphatic rings. The lowest BCUT2D eigenvalue weighted by molar-refractivity contribution is 0.1000. The van der Waals surface area contributed by atoms with Crippen LogP contribution in [0.15, 0.2) is 28.9 Å². The summed E-state index contributed by atoms with van der Waals surface area (Å²) in [6, 6.07) is 5.28. The number of nitrogens with two attached hydrogens (primary N) is 1. The van der Waals surface area contributed by atoms with Gasteiger partial charge in [-0.25, -0.2) is 4.98 Å². The Hall–Kier alpha value is -2.91. The maximum Gasteiger partial charge on any atom is 0.252 e. The van der Waals surface area contributed by atoms with Crippen molar-refractivity contribution < 1.29 is 9.32 Å². The summed E-state index contributed by atoms with van der Waals surface area (Å²) in [4.78, 5) is 20.4. The average molecular weight is 416 g/mol. The number of rotatable bonds is 5. The first-order chi connectivity index (χ1) is 13.9. The zero-order chi connectivity index (χ0) is 20.5. The van der Waals surface area contributed by atoms with Crippen molar-refractivity contribution in [3.8, 4) is 11.4 Å². The molecule has 0 aliphatic carbocycles. The van der Waals surface area contributed by atoms with Crippen molar-refractivity contribution in [2.24, 2.45) is 12.8 Å². The fourth-order valence-corrected chi connectivity index (χ4v) is 3.74. The Morgan fingerprint density at radius 1 is 1.31 bits per heavy atom. The van der Waals surface area contributed by atoms with Gasteiger partial charge in [0.25, 0.3) is 5.91 Å². The van der Waals surface area contributed by atoms with Crippen molar-refractivity contribution in [3.05, 3.63) is 46.4 Å². The molecule has 9 nitrogen and oxygen atoms in total. The van der Waals surface area contributed by atoms with Gasteiger partial charge in [-0.1, -0.05) is 16.8 Å². The number of anilines is 1. The number of aromatic nitrogens is 4. The Morgan fingerprint density at radius 2 is 2.07 bits per heavy atom. The van der Waals surface area contributed by atoms with Crippen LogP contribution >= 0.6 is 11.6 Å². The van der Waals surface area contributed by atoms with Gasteiger partial charge in [0.2, 0.25) is 0 Å². The van der Waals surface area contributed by atoms with E-state index in [0.717, 1.165) is 43.2 Å². The summed E-state index contributed by atoms with van der Waals surface area (Å²) in [7, 11) is 1.81. The van der Waals surface area contributed by atoms with Crippen LogP contribution in [0, 0.1) is 6.92 Å². The highest BCUT2D eigenvalue weighted by Crippen LogP contribution is 2.30. The summed E-state index contributed by atoms with van der Waals surface area (Å²) >= 11 is 6.51. The molecule has 4 rings (SSSR count). The normalized spacial score (nSPS) is 15.1. The standard InChI is InChI=1S/C19H22ClN7O2/c1-12-10-15(24-29-12)16-14(17(20)25(2)23-16)11-26-6-8-27(9-7-26)19-13(18(21)28)4-3-5-22-19/h3-5,10H,6-9,11H2,1-2H3,(H2,21,28). The topological polar surface area (TPSA) is 106 Å². The first-order valence-corrected chi connectivity index (χ1v) is 9.69. The minimum atomic E-state index is -0.467.